The number of ether oxygens (including phenoxy) is 1. The molecular formula is C13H19NO5S. The molecule has 1 aromatic carbocycles. The molecule has 0 radical (unpaired) electrons. The first-order valence-electron chi connectivity index (χ1n) is 6.27. The van der Waals surface area contributed by atoms with Crippen molar-refractivity contribution in [2.24, 2.45) is 0 Å². The minimum atomic E-state index is -3.44. The first-order chi connectivity index (χ1) is 9.34. The highest BCUT2D eigenvalue weighted by atomic mass is 32.2. The van der Waals surface area contributed by atoms with Crippen molar-refractivity contribution in [2.45, 2.75) is 19.8 Å². The molecule has 1 N–H and O–H groups in total. The second-order valence-electron chi connectivity index (χ2n) is 4.26. The molecule has 1 aromatic rings. The fourth-order valence-corrected chi connectivity index (χ4v) is 2.70. The molecule has 0 aliphatic rings. The average molecular weight is 301 g/mol. The Labute approximate surface area is 119 Å². The van der Waals surface area contributed by atoms with Crippen LogP contribution in [0.3, 0.4) is 0 Å². The van der Waals surface area contributed by atoms with Crippen molar-refractivity contribution in [2.75, 3.05) is 23.7 Å². The molecule has 0 amide bonds. The number of carbonyl (C=O) groups is 1. The summed E-state index contributed by atoms with van der Waals surface area (Å²) in [5.41, 5.74) is 0.501. The van der Waals surface area contributed by atoms with Crippen LogP contribution in [0.15, 0.2) is 24.3 Å². The molecular weight excluding hydrogens is 282 g/mol. The molecule has 0 saturated carbocycles. The smallest absolute Gasteiger partial charge is 0.303 e. The summed E-state index contributed by atoms with van der Waals surface area (Å²) in [6.07, 6.45) is 1.29. The highest BCUT2D eigenvalue weighted by Gasteiger charge is 2.17. The maximum atomic E-state index is 11.8. The third kappa shape index (κ3) is 5.08. The largest absolute Gasteiger partial charge is 0.494 e. The van der Waals surface area contributed by atoms with Crippen LogP contribution >= 0.6 is 0 Å². The van der Waals surface area contributed by atoms with E-state index >= 15 is 0 Å². The maximum absolute atomic E-state index is 11.8. The van der Waals surface area contributed by atoms with Crippen molar-refractivity contribution in [3.8, 4) is 5.75 Å². The van der Waals surface area contributed by atoms with E-state index in [-0.39, 0.29) is 19.4 Å². The first kappa shape index (κ1) is 16.3. The van der Waals surface area contributed by atoms with Crippen LogP contribution in [0.1, 0.15) is 19.8 Å². The summed E-state index contributed by atoms with van der Waals surface area (Å²) in [5.74, 6) is -0.277. The van der Waals surface area contributed by atoms with Crippen molar-refractivity contribution >= 4 is 21.7 Å². The Morgan fingerprint density at radius 3 is 2.35 bits per heavy atom. The van der Waals surface area contributed by atoms with Gasteiger partial charge in [0.2, 0.25) is 10.0 Å². The summed E-state index contributed by atoms with van der Waals surface area (Å²) in [6, 6.07) is 6.67. The molecule has 20 heavy (non-hydrogen) atoms. The number of hydrogen-bond donors (Lipinski definition) is 1. The summed E-state index contributed by atoms with van der Waals surface area (Å²) in [6.45, 7) is 2.54. The van der Waals surface area contributed by atoms with E-state index in [0.717, 1.165) is 6.26 Å². The first-order valence-corrected chi connectivity index (χ1v) is 8.11. The third-order valence-electron chi connectivity index (χ3n) is 2.59. The predicted molar refractivity (Wildman–Crippen MR) is 76.7 cm³/mol. The Balaban J connectivity index is 2.85. The molecule has 1 rings (SSSR count). The minimum absolute atomic E-state index is 0.0664. The Morgan fingerprint density at radius 1 is 1.30 bits per heavy atom. The molecule has 0 heterocycles. The Hall–Kier alpha value is -1.76. The predicted octanol–water partition coefficient (Wildman–Crippen LogP) is 1.72. The van der Waals surface area contributed by atoms with Gasteiger partial charge in [0, 0.05) is 13.0 Å². The van der Waals surface area contributed by atoms with Gasteiger partial charge in [0.25, 0.3) is 0 Å². The second kappa shape index (κ2) is 7.14. The molecule has 0 saturated heterocycles. The van der Waals surface area contributed by atoms with Crippen LogP contribution in [0.25, 0.3) is 0 Å². The number of hydrogen-bond acceptors (Lipinski definition) is 4. The third-order valence-corrected chi connectivity index (χ3v) is 3.78. The summed E-state index contributed by atoms with van der Waals surface area (Å²) in [4.78, 5) is 10.5. The van der Waals surface area contributed by atoms with Gasteiger partial charge >= 0.3 is 5.97 Å². The van der Waals surface area contributed by atoms with Crippen molar-refractivity contribution in [1.82, 2.24) is 0 Å². The topological polar surface area (TPSA) is 83.9 Å². The fourth-order valence-electron chi connectivity index (χ4n) is 1.74. The van der Waals surface area contributed by atoms with Crippen LogP contribution < -0.4 is 9.04 Å². The number of anilines is 1. The van der Waals surface area contributed by atoms with Crippen LogP contribution in [-0.4, -0.2) is 38.9 Å². The number of carboxylic acids is 1. The lowest BCUT2D eigenvalue weighted by Gasteiger charge is -2.22. The van der Waals surface area contributed by atoms with Gasteiger partial charge in [-0.05, 0) is 37.6 Å². The van der Waals surface area contributed by atoms with Crippen molar-refractivity contribution < 1.29 is 23.1 Å². The molecule has 0 atom stereocenters. The van der Waals surface area contributed by atoms with Gasteiger partial charge in [0.05, 0.1) is 18.6 Å². The van der Waals surface area contributed by atoms with Gasteiger partial charge in [-0.1, -0.05) is 0 Å². The van der Waals surface area contributed by atoms with Crippen LogP contribution in [0.4, 0.5) is 5.69 Å². The molecule has 0 bridgehead atoms. The highest BCUT2D eigenvalue weighted by molar-refractivity contribution is 7.92. The van der Waals surface area contributed by atoms with Crippen molar-refractivity contribution in [3.63, 3.8) is 0 Å². The van der Waals surface area contributed by atoms with Crippen LogP contribution in [0.2, 0.25) is 0 Å². The van der Waals surface area contributed by atoms with E-state index in [2.05, 4.69) is 0 Å². The SMILES string of the molecule is CCOc1ccc(N(CCCC(=O)O)S(C)(=O)=O)cc1. The lowest BCUT2D eigenvalue weighted by atomic mass is 10.2. The van der Waals surface area contributed by atoms with Gasteiger partial charge in [-0.3, -0.25) is 9.10 Å². The van der Waals surface area contributed by atoms with E-state index in [1.54, 1.807) is 24.3 Å². The molecule has 0 spiro atoms. The van der Waals surface area contributed by atoms with E-state index in [9.17, 15) is 13.2 Å². The van der Waals surface area contributed by atoms with E-state index in [4.69, 9.17) is 9.84 Å². The Morgan fingerprint density at radius 2 is 1.90 bits per heavy atom. The number of carboxylic acid groups (broad SMARTS) is 1. The molecule has 0 aliphatic carbocycles. The van der Waals surface area contributed by atoms with Crippen LogP contribution in [0.5, 0.6) is 5.75 Å². The number of benzene rings is 1. The van der Waals surface area contributed by atoms with Gasteiger partial charge in [-0.15, -0.1) is 0 Å². The molecule has 6 nitrogen and oxygen atoms in total. The zero-order valence-electron chi connectivity index (χ0n) is 11.6. The molecule has 0 aliphatic heterocycles. The number of aliphatic carboxylic acids is 1. The number of rotatable bonds is 8. The van der Waals surface area contributed by atoms with E-state index < -0.39 is 16.0 Å². The lowest BCUT2D eigenvalue weighted by molar-refractivity contribution is -0.137. The van der Waals surface area contributed by atoms with E-state index in [0.29, 0.717) is 18.0 Å². The van der Waals surface area contributed by atoms with Gasteiger partial charge in [0.1, 0.15) is 5.75 Å². The van der Waals surface area contributed by atoms with Crippen molar-refractivity contribution in [1.29, 1.82) is 0 Å². The Kier molecular flexibility index (Phi) is 5.82. The minimum Gasteiger partial charge on any atom is -0.494 e. The van der Waals surface area contributed by atoms with E-state index in [1.807, 2.05) is 6.92 Å². The fraction of sp³-hybridized carbons (Fsp3) is 0.462. The molecule has 112 valence electrons. The molecule has 7 heteroatoms. The lowest BCUT2D eigenvalue weighted by Crippen LogP contribution is -2.31. The summed E-state index contributed by atoms with van der Waals surface area (Å²) >= 11 is 0. The highest BCUT2D eigenvalue weighted by Crippen LogP contribution is 2.22. The molecule has 0 fully saturated rings. The summed E-state index contributed by atoms with van der Waals surface area (Å²) in [7, 11) is -3.44. The normalized spacial score (nSPS) is 11.1. The zero-order valence-corrected chi connectivity index (χ0v) is 12.4. The van der Waals surface area contributed by atoms with Crippen LogP contribution in [-0.2, 0) is 14.8 Å². The monoisotopic (exact) mass is 301 g/mol. The van der Waals surface area contributed by atoms with Crippen LogP contribution in [0, 0.1) is 0 Å². The summed E-state index contributed by atoms with van der Waals surface area (Å²) < 4.78 is 30.0. The van der Waals surface area contributed by atoms with Gasteiger partial charge in [0.15, 0.2) is 0 Å². The standard InChI is InChI=1S/C13H19NO5S/c1-3-19-12-8-6-11(7-9-12)14(20(2,17)18)10-4-5-13(15)16/h6-9H,3-5,10H2,1-2H3,(H,15,16). The maximum Gasteiger partial charge on any atom is 0.303 e. The Bertz CT molecular complexity index is 538. The second-order valence-corrected chi connectivity index (χ2v) is 6.17. The van der Waals surface area contributed by atoms with E-state index in [1.165, 1.54) is 4.31 Å². The molecule has 0 unspecified atom stereocenters. The van der Waals surface area contributed by atoms with Gasteiger partial charge < -0.3 is 9.84 Å². The quantitative estimate of drug-likeness (QED) is 0.790. The average Bonchev–Trinajstić information content (AvgIpc) is 2.34. The van der Waals surface area contributed by atoms with Gasteiger partial charge in [-0.25, -0.2) is 8.42 Å². The van der Waals surface area contributed by atoms with Gasteiger partial charge in [-0.2, -0.15) is 0 Å². The summed E-state index contributed by atoms with van der Waals surface area (Å²) in [5, 5.41) is 8.61. The number of sulfonamides is 1. The van der Waals surface area contributed by atoms with Crippen molar-refractivity contribution in [3.05, 3.63) is 24.3 Å². The molecule has 0 aromatic heterocycles. The zero-order chi connectivity index (χ0) is 15.2. The number of nitrogens with zero attached hydrogens (tertiary/aromatic N) is 1.